The lowest BCUT2D eigenvalue weighted by Gasteiger charge is -2.13. The summed E-state index contributed by atoms with van der Waals surface area (Å²) in [6.45, 7) is 4.02. The van der Waals surface area contributed by atoms with E-state index in [1.807, 2.05) is 20.2 Å². The third kappa shape index (κ3) is 6.37. The number of nitrogens with one attached hydrogen (secondary N) is 3. The van der Waals surface area contributed by atoms with Crippen molar-refractivity contribution in [1.82, 2.24) is 10.6 Å². The second-order valence-corrected chi connectivity index (χ2v) is 5.34. The molecule has 1 aromatic rings. The predicted molar refractivity (Wildman–Crippen MR) is 90.6 cm³/mol. The second kappa shape index (κ2) is 9.65. The quantitative estimate of drug-likeness (QED) is 0.698. The number of amides is 2. The van der Waals surface area contributed by atoms with Crippen molar-refractivity contribution in [3.8, 4) is 0 Å². The smallest absolute Gasteiger partial charge is 0.251 e. The lowest BCUT2D eigenvalue weighted by atomic mass is 10.2. The normalized spacial score (nSPS) is 11.2. The van der Waals surface area contributed by atoms with E-state index in [9.17, 15) is 9.59 Å². The van der Waals surface area contributed by atoms with Crippen LogP contribution < -0.4 is 16.0 Å². The molecule has 0 bridgehead atoms. The fraction of sp³-hybridized carbons (Fsp3) is 0.429. The van der Waals surface area contributed by atoms with Crippen molar-refractivity contribution in [2.75, 3.05) is 25.2 Å². The second-order valence-electron chi connectivity index (χ2n) is 4.50. The van der Waals surface area contributed by atoms with Crippen LogP contribution in [0.15, 0.2) is 23.1 Å². The Kier molecular flexibility index (Phi) is 9.08. The molecule has 1 unspecified atom stereocenters. The minimum atomic E-state index is -0.125. The maximum Gasteiger partial charge on any atom is 0.251 e. The van der Waals surface area contributed by atoms with E-state index < -0.39 is 0 Å². The molecular weight excluding hydrogens is 310 g/mol. The van der Waals surface area contributed by atoms with E-state index in [-0.39, 0.29) is 30.3 Å². The number of thioether (sulfide) groups is 1. The average Bonchev–Trinajstić information content (AvgIpc) is 2.44. The molecule has 0 saturated heterocycles. The number of carbonyl (C=O) groups excluding carboxylic acids is 2. The Bertz CT molecular complexity index is 497. The molecule has 5 nitrogen and oxygen atoms in total. The van der Waals surface area contributed by atoms with E-state index in [1.165, 1.54) is 18.7 Å². The fourth-order valence-corrected chi connectivity index (χ4v) is 2.16. The van der Waals surface area contributed by atoms with Crippen LogP contribution in [0.3, 0.4) is 0 Å². The largest absolute Gasteiger partial charge is 0.350 e. The number of carbonyl (C=O) groups is 2. The van der Waals surface area contributed by atoms with Crippen LogP contribution >= 0.6 is 24.2 Å². The van der Waals surface area contributed by atoms with Crippen molar-refractivity contribution in [2.24, 2.45) is 0 Å². The minimum absolute atomic E-state index is 0. The van der Waals surface area contributed by atoms with Crippen LogP contribution in [-0.2, 0) is 4.79 Å². The molecule has 0 heterocycles. The van der Waals surface area contributed by atoms with Crippen LogP contribution in [0.5, 0.6) is 0 Å². The first-order valence-corrected chi connectivity index (χ1v) is 7.61. The fourth-order valence-electron chi connectivity index (χ4n) is 1.58. The van der Waals surface area contributed by atoms with Gasteiger partial charge in [-0.1, -0.05) is 0 Å². The van der Waals surface area contributed by atoms with Gasteiger partial charge in [0, 0.05) is 30.0 Å². The SMILES string of the molecule is CNC(C)CNC(=O)c1ccc(NC(C)=O)c(SC)c1.Cl. The molecule has 118 valence electrons. The molecule has 0 aliphatic rings. The summed E-state index contributed by atoms with van der Waals surface area (Å²) in [7, 11) is 1.85. The van der Waals surface area contributed by atoms with Crippen LogP contribution in [0.2, 0.25) is 0 Å². The number of anilines is 1. The molecule has 0 spiro atoms. The monoisotopic (exact) mass is 331 g/mol. The standard InChI is InChI=1S/C14H21N3O2S.ClH/c1-9(15-3)8-16-14(19)11-5-6-12(17-10(2)18)13(7-11)20-4;/h5-7,9,15H,8H2,1-4H3,(H,16,19)(H,17,18);1H. The van der Waals surface area contributed by atoms with Gasteiger partial charge in [-0.05, 0) is 38.4 Å². The van der Waals surface area contributed by atoms with Gasteiger partial charge in [0.25, 0.3) is 5.91 Å². The summed E-state index contributed by atoms with van der Waals surface area (Å²) in [5, 5.41) is 8.67. The molecule has 1 rings (SSSR count). The molecule has 1 aromatic carbocycles. The number of rotatable bonds is 6. The van der Waals surface area contributed by atoms with Gasteiger partial charge in [0.05, 0.1) is 5.69 Å². The van der Waals surface area contributed by atoms with Crippen molar-refractivity contribution in [3.05, 3.63) is 23.8 Å². The van der Waals surface area contributed by atoms with Gasteiger partial charge >= 0.3 is 0 Å². The predicted octanol–water partition coefficient (Wildman–Crippen LogP) is 2.13. The highest BCUT2D eigenvalue weighted by Crippen LogP contribution is 2.26. The van der Waals surface area contributed by atoms with Gasteiger partial charge in [-0.25, -0.2) is 0 Å². The highest BCUT2D eigenvalue weighted by atomic mass is 35.5. The Morgan fingerprint density at radius 1 is 1.33 bits per heavy atom. The zero-order valence-corrected chi connectivity index (χ0v) is 14.3. The van der Waals surface area contributed by atoms with Gasteiger partial charge in [-0.3, -0.25) is 9.59 Å². The molecule has 0 aliphatic heterocycles. The third-order valence-electron chi connectivity index (χ3n) is 2.84. The maximum atomic E-state index is 12.0. The molecule has 21 heavy (non-hydrogen) atoms. The molecular formula is C14H22ClN3O2S. The van der Waals surface area contributed by atoms with E-state index in [4.69, 9.17) is 0 Å². The van der Waals surface area contributed by atoms with E-state index >= 15 is 0 Å². The maximum absolute atomic E-state index is 12.0. The third-order valence-corrected chi connectivity index (χ3v) is 3.61. The molecule has 1 atom stereocenters. The number of halogens is 1. The number of likely N-dealkylation sites (N-methyl/N-ethyl adjacent to an activating group) is 1. The Morgan fingerprint density at radius 2 is 2.00 bits per heavy atom. The van der Waals surface area contributed by atoms with Crippen molar-refractivity contribution in [1.29, 1.82) is 0 Å². The molecule has 0 aromatic heterocycles. The summed E-state index contributed by atoms with van der Waals surface area (Å²) in [6, 6.07) is 5.47. The lowest BCUT2D eigenvalue weighted by molar-refractivity contribution is -0.114. The molecule has 0 aliphatic carbocycles. The molecule has 0 radical (unpaired) electrons. The molecule has 0 fully saturated rings. The van der Waals surface area contributed by atoms with Gasteiger partial charge < -0.3 is 16.0 Å². The average molecular weight is 332 g/mol. The van der Waals surface area contributed by atoms with Gasteiger partial charge in [-0.15, -0.1) is 24.2 Å². The zero-order chi connectivity index (χ0) is 15.1. The highest BCUT2D eigenvalue weighted by Gasteiger charge is 2.10. The first-order chi connectivity index (χ1) is 9.47. The van der Waals surface area contributed by atoms with Crippen LogP contribution in [-0.4, -0.2) is 37.7 Å². The Morgan fingerprint density at radius 3 is 2.52 bits per heavy atom. The Hall–Kier alpha value is -1.24. The first kappa shape index (κ1) is 19.8. The van der Waals surface area contributed by atoms with Crippen LogP contribution in [0, 0.1) is 0 Å². The van der Waals surface area contributed by atoms with Gasteiger partial charge in [0.2, 0.25) is 5.91 Å². The van der Waals surface area contributed by atoms with Crippen molar-refractivity contribution >= 4 is 41.7 Å². The van der Waals surface area contributed by atoms with Gasteiger partial charge in [0.1, 0.15) is 0 Å². The molecule has 7 heteroatoms. The summed E-state index contributed by atoms with van der Waals surface area (Å²) < 4.78 is 0. The topological polar surface area (TPSA) is 70.2 Å². The lowest BCUT2D eigenvalue weighted by Crippen LogP contribution is -2.37. The van der Waals surface area contributed by atoms with Crippen molar-refractivity contribution in [3.63, 3.8) is 0 Å². The van der Waals surface area contributed by atoms with E-state index in [0.717, 1.165) is 10.6 Å². The van der Waals surface area contributed by atoms with E-state index in [0.29, 0.717) is 12.1 Å². The van der Waals surface area contributed by atoms with Crippen molar-refractivity contribution in [2.45, 2.75) is 24.8 Å². The Labute approximate surface area is 136 Å². The van der Waals surface area contributed by atoms with E-state index in [2.05, 4.69) is 16.0 Å². The summed E-state index contributed by atoms with van der Waals surface area (Å²) in [5.41, 5.74) is 1.32. The van der Waals surface area contributed by atoms with Crippen LogP contribution in [0.25, 0.3) is 0 Å². The summed E-state index contributed by atoms with van der Waals surface area (Å²) in [6.07, 6.45) is 1.91. The highest BCUT2D eigenvalue weighted by molar-refractivity contribution is 7.98. The summed E-state index contributed by atoms with van der Waals surface area (Å²) in [5.74, 6) is -0.239. The van der Waals surface area contributed by atoms with Crippen LogP contribution in [0.4, 0.5) is 5.69 Å². The number of hydrogen-bond acceptors (Lipinski definition) is 4. The summed E-state index contributed by atoms with van der Waals surface area (Å²) in [4.78, 5) is 24.0. The summed E-state index contributed by atoms with van der Waals surface area (Å²) >= 11 is 1.49. The van der Waals surface area contributed by atoms with Gasteiger partial charge in [0.15, 0.2) is 0 Å². The van der Waals surface area contributed by atoms with Gasteiger partial charge in [-0.2, -0.15) is 0 Å². The molecule has 3 N–H and O–H groups in total. The first-order valence-electron chi connectivity index (χ1n) is 6.39. The molecule has 2 amide bonds. The number of benzene rings is 1. The Balaban J connectivity index is 0.00000400. The van der Waals surface area contributed by atoms with Crippen LogP contribution in [0.1, 0.15) is 24.2 Å². The molecule has 0 saturated carbocycles. The van der Waals surface area contributed by atoms with Crippen molar-refractivity contribution < 1.29 is 9.59 Å². The number of hydrogen-bond donors (Lipinski definition) is 3. The minimum Gasteiger partial charge on any atom is -0.350 e. The zero-order valence-electron chi connectivity index (χ0n) is 12.6. The van der Waals surface area contributed by atoms with E-state index in [1.54, 1.807) is 18.2 Å².